The maximum atomic E-state index is 5.44. The second-order valence-electron chi connectivity index (χ2n) is 2.64. The minimum Gasteiger partial charge on any atom is -0.481 e. The van der Waals surface area contributed by atoms with Crippen LogP contribution in [0.5, 0.6) is 5.88 Å². The molecule has 0 spiro atoms. The molecule has 66 valence electrons. The average molecular weight is 166 g/mol. The molecule has 1 aromatic heterocycles. The summed E-state index contributed by atoms with van der Waals surface area (Å²) >= 11 is 0. The Hall–Kier alpha value is -1.09. The number of hydrogen-bond donors (Lipinski definition) is 1. The standard InChI is InChI=1S/C9H14N2O/c1-7-8(5-6-10)3-4-9(11-7)12-2/h3-4H,5-6,10H2,1-2H3. The quantitative estimate of drug-likeness (QED) is 0.725. The Morgan fingerprint density at radius 1 is 1.50 bits per heavy atom. The SMILES string of the molecule is COc1ccc(CCN)c(C)n1. The summed E-state index contributed by atoms with van der Waals surface area (Å²) in [6.45, 7) is 2.63. The van der Waals surface area contributed by atoms with Crippen LogP contribution in [-0.2, 0) is 6.42 Å². The summed E-state index contributed by atoms with van der Waals surface area (Å²) in [6, 6.07) is 3.87. The largest absolute Gasteiger partial charge is 0.481 e. The molecule has 0 bridgehead atoms. The molecule has 0 saturated carbocycles. The molecule has 12 heavy (non-hydrogen) atoms. The molecule has 0 aliphatic heterocycles. The van der Waals surface area contributed by atoms with Gasteiger partial charge in [-0.1, -0.05) is 6.07 Å². The fraction of sp³-hybridized carbons (Fsp3) is 0.444. The lowest BCUT2D eigenvalue weighted by molar-refractivity contribution is 0.396. The van der Waals surface area contributed by atoms with Gasteiger partial charge < -0.3 is 10.5 Å². The van der Waals surface area contributed by atoms with Gasteiger partial charge in [-0.2, -0.15) is 0 Å². The zero-order valence-corrected chi connectivity index (χ0v) is 7.50. The van der Waals surface area contributed by atoms with E-state index in [0.717, 1.165) is 12.1 Å². The van der Waals surface area contributed by atoms with Crippen LogP contribution >= 0.6 is 0 Å². The molecule has 0 amide bonds. The lowest BCUT2D eigenvalue weighted by Crippen LogP contribution is -2.05. The molecule has 0 aliphatic carbocycles. The van der Waals surface area contributed by atoms with Gasteiger partial charge in [-0.3, -0.25) is 0 Å². The van der Waals surface area contributed by atoms with Crippen molar-refractivity contribution in [1.82, 2.24) is 4.98 Å². The first-order valence-corrected chi connectivity index (χ1v) is 3.98. The molecule has 1 heterocycles. The molecule has 2 N–H and O–H groups in total. The topological polar surface area (TPSA) is 48.1 Å². The van der Waals surface area contributed by atoms with E-state index in [4.69, 9.17) is 10.5 Å². The van der Waals surface area contributed by atoms with E-state index in [1.807, 2.05) is 19.1 Å². The fourth-order valence-corrected chi connectivity index (χ4v) is 1.10. The maximum Gasteiger partial charge on any atom is 0.213 e. The highest BCUT2D eigenvalue weighted by atomic mass is 16.5. The van der Waals surface area contributed by atoms with Crippen LogP contribution in [0.15, 0.2) is 12.1 Å². The van der Waals surface area contributed by atoms with Crippen LogP contribution < -0.4 is 10.5 Å². The third-order valence-corrected chi connectivity index (χ3v) is 1.79. The number of aryl methyl sites for hydroxylation is 1. The molecule has 0 atom stereocenters. The summed E-state index contributed by atoms with van der Waals surface area (Å²) in [6.07, 6.45) is 0.878. The minimum absolute atomic E-state index is 0.660. The van der Waals surface area contributed by atoms with Crippen molar-refractivity contribution < 1.29 is 4.74 Å². The lowest BCUT2D eigenvalue weighted by Gasteiger charge is -2.04. The van der Waals surface area contributed by atoms with Crippen molar-refractivity contribution in [3.05, 3.63) is 23.4 Å². The number of methoxy groups -OCH3 is 1. The first-order valence-electron chi connectivity index (χ1n) is 3.98. The van der Waals surface area contributed by atoms with Crippen molar-refractivity contribution in [2.75, 3.05) is 13.7 Å². The average Bonchev–Trinajstić information content (AvgIpc) is 2.09. The van der Waals surface area contributed by atoms with Crippen LogP contribution in [0.25, 0.3) is 0 Å². The van der Waals surface area contributed by atoms with Crippen molar-refractivity contribution in [3.63, 3.8) is 0 Å². The summed E-state index contributed by atoms with van der Waals surface area (Å²) in [5.74, 6) is 0.660. The highest BCUT2D eigenvalue weighted by Crippen LogP contribution is 2.11. The number of ether oxygens (including phenoxy) is 1. The maximum absolute atomic E-state index is 5.44. The molecule has 1 rings (SSSR count). The second kappa shape index (κ2) is 4.07. The Labute approximate surface area is 72.6 Å². The predicted octanol–water partition coefficient (Wildman–Crippen LogP) is 0.900. The molecule has 0 radical (unpaired) electrons. The molecule has 1 aromatic rings. The molecule has 3 heteroatoms. The Morgan fingerprint density at radius 2 is 2.25 bits per heavy atom. The third-order valence-electron chi connectivity index (χ3n) is 1.79. The molecule has 0 fully saturated rings. The smallest absolute Gasteiger partial charge is 0.213 e. The minimum atomic E-state index is 0.660. The number of pyridine rings is 1. The first kappa shape index (κ1) is 9.00. The van der Waals surface area contributed by atoms with E-state index in [-0.39, 0.29) is 0 Å². The summed E-state index contributed by atoms with van der Waals surface area (Å²) in [5, 5.41) is 0. The van der Waals surface area contributed by atoms with Crippen LogP contribution in [0.1, 0.15) is 11.3 Å². The van der Waals surface area contributed by atoms with Crippen LogP contribution in [0.3, 0.4) is 0 Å². The van der Waals surface area contributed by atoms with Gasteiger partial charge in [0.25, 0.3) is 0 Å². The van der Waals surface area contributed by atoms with Crippen molar-refractivity contribution in [2.45, 2.75) is 13.3 Å². The Bertz CT molecular complexity index is 261. The zero-order chi connectivity index (χ0) is 8.97. The van der Waals surface area contributed by atoms with Crippen LogP contribution in [0.2, 0.25) is 0 Å². The predicted molar refractivity (Wildman–Crippen MR) is 48.3 cm³/mol. The first-order chi connectivity index (χ1) is 5.77. The Balaban J connectivity index is 2.87. The Kier molecular flexibility index (Phi) is 3.05. The third kappa shape index (κ3) is 1.95. The van der Waals surface area contributed by atoms with Crippen molar-refractivity contribution in [1.29, 1.82) is 0 Å². The second-order valence-corrected chi connectivity index (χ2v) is 2.64. The lowest BCUT2D eigenvalue weighted by atomic mass is 10.1. The number of hydrogen-bond acceptors (Lipinski definition) is 3. The van der Waals surface area contributed by atoms with E-state index in [1.165, 1.54) is 5.56 Å². The van der Waals surface area contributed by atoms with Gasteiger partial charge in [0, 0.05) is 11.8 Å². The van der Waals surface area contributed by atoms with Gasteiger partial charge in [-0.25, -0.2) is 4.98 Å². The van der Waals surface area contributed by atoms with Gasteiger partial charge in [-0.05, 0) is 25.5 Å². The molecule has 0 aromatic carbocycles. The van der Waals surface area contributed by atoms with Crippen LogP contribution in [-0.4, -0.2) is 18.6 Å². The van der Waals surface area contributed by atoms with Gasteiger partial charge in [0.15, 0.2) is 0 Å². The van der Waals surface area contributed by atoms with Crippen molar-refractivity contribution in [2.24, 2.45) is 5.73 Å². The highest BCUT2D eigenvalue weighted by Gasteiger charge is 1.99. The Morgan fingerprint density at radius 3 is 2.75 bits per heavy atom. The monoisotopic (exact) mass is 166 g/mol. The van der Waals surface area contributed by atoms with Gasteiger partial charge >= 0.3 is 0 Å². The van der Waals surface area contributed by atoms with E-state index < -0.39 is 0 Å². The molecular formula is C9H14N2O. The summed E-state index contributed by atoms with van der Waals surface area (Å²) in [7, 11) is 1.62. The van der Waals surface area contributed by atoms with Crippen LogP contribution in [0, 0.1) is 6.92 Å². The number of nitrogens with two attached hydrogens (primary N) is 1. The summed E-state index contributed by atoms with van der Waals surface area (Å²) in [4.78, 5) is 4.23. The van der Waals surface area contributed by atoms with E-state index >= 15 is 0 Å². The van der Waals surface area contributed by atoms with Crippen molar-refractivity contribution in [3.8, 4) is 5.88 Å². The zero-order valence-electron chi connectivity index (χ0n) is 7.50. The van der Waals surface area contributed by atoms with Gasteiger partial charge in [0.05, 0.1) is 7.11 Å². The van der Waals surface area contributed by atoms with E-state index in [0.29, 0.717) is 12.4 Å². The highest BCUT2D eigenvalue weighted by molar-refractivity contribution is 5.25. The van der Waals surface area contributed by atoms with E-state index in [2.05, 4.69) is 4.98 Å². The summed E-state index contributed by atoms with van der Waals surface area (Å²) < 4.78 is 4.99. The molecule has 0 aliphatic rings. The molecule has 3 nitrogen and oxygen atoms in total. The fourth-order valence-electron chi connectivity index (χ4n) is 1.10. The van der Waals surface area contributed by atoms with Crippen LogP contribution in [0.4, 0.5) is 0 Å². The van der Waals surface area contributed by atoms with Crippen molar-refractivity contribution >= 4 is 0 Å². The number of aromatic nitrogens is 1. The normalized spacial score (nSPS) is 9.92. The van der Waals surface area contributed by atoms with E-state index in [9.17, 15) is 0 Å². The number of rotatable bonds is 3. The number of nitrogens with zero attached hydrogens (tertiary/aromatic N) is 1. The molecular weight excluding hydrogens is 152 g/mol. The van der Waals surface area contributed by atoms with Gasteiger partial charge in [0.2, 0.25) is 5.88 Å². The molecule has 0 saturated heterocycles. The summed E-state index contributed by atoms with van der Waals surface area (Å²) in [5.41, 5.74) is 7.63. The van der Waals surface area contributed by atoms with E-state index in [1.54, 1.807) is 7.11 Å². The molecule has 0 unspecified atom stereocenters. The van der Waals surface area contributed by atoms with Gasteiger partial charge in [-0.15, -0.1) is 0 Å². The van der Waals surface area contributed by atoms with Gasteiger partial charge in [0.1, 0.15) is 0 Å².